The summed E-state index contributed by atoms with van der Waals surface area (Å²) in [5.74, 6) is 1.71. The maximum Gasteiger partial charge on any atom is 0.0571 e. The second-order valence-electron chi connectivity index (χ2n) is 5.17. The van der Waals surface area contributed by atoms with Crippen LogP contribution in [0.5, 0.6) is 0 Å². The van der Waals surface area contributed by atoms with Gasteiger partial charge in [0.2, 0.25) is 0 Å². The Morgan fingerprint density at radius 2 is 1.67 bits per heavy atom. The van der Waals surface area contributed by atoms with Gasteiger partial charge in [-0.25, -0.2) is 0 Å². The van der Waals surface area contributed by atoms with Gasteiger partial charge in [0.15, 0.2) is 0 Å². The quantitative estimate of drug-likeness (QED) is 0.592. The van der Waals surface area contributed by atoms with Crippen LogP contribution < -0.4 is 0 Å². The van der Waals surface area contributed by atoms with Crippen molar-refractivity contribution in [2.75, 3.05) is 0 Å². The van der Waals surface area contributed by atoms with Crippen LogP contribution in [0.1, 0.15) is 41.0 Å². The van der Waals surface area contributed by atoms with Crippen molar-refractivity contribution in [3.63, 3.8) is 0 Å². The predicted octanol–water partition coefficient (Wildman–Crippen LogP) is 2.69. The van der Waals surface area contributed by atoms with Gasteiger partial charge in [-0.05, 0) is 29.6 Å². The molecule has 1 rings (SSSR count). The van der Waals surface area contributed by atoms with Crippen molar-refractivity contribution in [1.29, 1.82) is 0 Å². The maximum atomic E-state index is 9.75. The van der Waals surface area contributed by atoms with Crippen LogP contribution in [0.2, 0.25) is 0 Å². The SMILES string of the molecule is C[C@H]1[C@H](O)C[C@H](C)C(C)(C)[C@@H]1C. The Balaban J connectivity index is 2.80. The van der Waals surface area contributed by atoms with E-state index in [4.69, 9.17) is 0 Å². The largest absolute Gasteiger partial charge is 0.393 e. The van der Waals surface area contributed by atoms with E-state index in [-0.39, 0.29) is 6.10 Å². The van der Waals surface area contributed by atoms with Crippen LogP contribution in [-0.4, -0.2) is 11.2 Å². The monoisotopic (exact) mass is 170 g/mol. The average molecular weight is 170 g/mol. The second-order valence-corrected chi connectivity index (χ2v) is 5.17. The molecule has 1 fully saturated rings. The Morgan fingerprint density at radius 1 is 1.17 bits per heavy atom. The van der Waals surface area contributed by atoms with Gasteiger partial charge in [-0.15, -0.1) is 0 Å². The molecule has 1 nitrogen and oxygen atoms in total. The summed E-state index contributed by atoms with van der Waals surface area (Å²) in [5.41, 5.74) is 0.388. The van der Waals surface area contributed by atoms with E-state index in [2.05, 4.69) is 34.6 Å². The van der Waals surface area contributed by atoms with E-state index in [0.717, 1.165) is 6.42 Å². The first-order chi connectivity index (χ1) is 5.37. The van der Waals surface area contributed by atoms with Gasteiger partial charge in [-0.3, -0.25) is 0 Å². The molecule has 0 radical (unpaired) electrons. The molecule has 0 spiro atoms. The Hall–Kier alpha value is -0.0400. The molecule has 0 aromatic carbocycles. The van der Waals surface area contributed by atoms with Crippen molar-refractivity contribution in [3.05, 3.63) is 0 Å². The Bertz CT molecular complexity index is 162. The van der Waals surface area contributed by atoms with Crippen molar-refractivity contribution in [2.24, 2.45) is 23.2 Å². The fourth-order valence-electron chi connectivity index (χ4n) is 2.34. The van der Waals surface area contributed by atoms with E-state index in [1.807, 2.05) is 0 Å². The van der Waals surface area contributed by atoms with E-state index < -0.39 is 0 Å². The molecule has 1 aliphatic carbocycles. The summed E-state index contributed by atoms with van der Waals surface area (Å²) in [4.78, 5) is 0. The van der Waals surface area contributed by atoms with Crippen LogP contribution in [0.25, 0.3) is 0 Å². The summed E-state index contributed by atoms with van der Waals surface area (Å²) < 4.78 is 0. The van der Waals surface area contributed by atoms with Gasteiger partial charge in [0, 0.05) is 0 Å². The molecule has 1 N–H and O–H groups in total. The number of hydrogen-bond donors (Lipinski definition) is 1. The summed E-state index contributed by atoms with van der Waals surface area (Å²) in [5, 5.41) is 9.75. The van der Waals surface area contributed by atoms with E-state index in [9.17, 15) is 5.11 Å². The van der Waals surface area contributed by atoms with Crippen LogP contribution in [-0.2, 0) is 0 Å². The van der Waals surface area contributed by atoms with E-state index in [1.165, 1.54) is 0 Å². The molecule has 1 aliphatic rings. The molecule has 0 aromatic heterocycles. The van der Waals surface area contributed by atoms with E-state index in [1.54, 1.807) is 0 Å². The highest BCUT2D eigenvalue weighted by molar-refractivity contribution is 4.92. The zero-order valence-electron chi connectivity index (χ0n) is 8.96. The molecule has 0 saturated heterocycles. The average Bonchev–Trinajstić information content (AvgIpc) is 1.99. The molecule has 0 aliphatic heterocycles. The number of hydrogen-bond acceptors (Lipinski definition) is 1. The van der Waals surface area contributed by atoms with Gasteiger partial charge in [0.1, 0.15) is 0 Å². The predicted molar refractivity (Wildman–Crippen MR) is 51.9 cm³/mol. The zero-order chi connectivity index (χ0) is 9.52. The number of rotatable bonds is 0. The molecule has 0 aromatic rings. The van der Waals surface area contributed by atoms with Crippen molar-refractivity contribution >= 4 is 0 Å². The molecule has 1 saturated carbocycles. The van der Waals surface area contributed by atoms with Crippen LogP contribution >= 0.6 is 0 Å². The molecule has 1 heteroatoms. The van der Waals surface area contributed by atoms with Crippen molar-refractivity contribution in [2.45, 2.75) is 47.1 Å². The normalized spacial score (nSPS) is 47.5. The third-order valence-electron chi connectivity index (χ3n) is 4.43. The van der Waals surface area contributed by atoms with Gasteiger partial charge in [0.25, 0.3) is 0 Å². The van der Waals surface area contributed by atoms with Crippen LogP contribution in [0.4, 0.5) is 0 Å². The Morgan fingerprint density at radius 3 is 2.17 bits per heavy atom. The molecule has 0 bridgehead atoms. The Kier molecular flexibility index (Phi) is 2.53. The Labute approximate surface area is 76.2 Å². The summed E-state index contributed by atoms with van der Waals surface area (Å²) in [6.45, 7) is 11.3. The zero-order valence-corrected chi connectivity index (χ0v) is 8.96. The second kappa shape index (κ2) is 3.02. The van der Waals surface area contributed by atoms with Crippen LogP contribution in [0.3, 0.4) is 0 Å². The van der Waals surface area contributed by atoms with E-state index >= 15 is 0 Å². The van der Waals surface area contributed by atoms with Gasteiger partial charge in [0.05, 0.1) is 6.10 Å². The van der Waals surface area contributed by atoms with Crippen molar-refractivity contribution < 1.29 is 5.11 Å². The van der Waals surface area contributed by atoms with E-state index in [0.29, 0.717) is 23.2 Å². The maximum absolute atomic E-state index is 9.75. The van der Waals surface area contributed by atoms with Gasteiger partial charge >= 0.3 is 0 Å². The number of aliphatic hydroxyl groups is 1. The highest BCUT2D eigenvalue weighted by Crippen LogP contribution is 2.47. The van der Waals surface area contributed by atoms with Crippen molar-refractivity contribution in [1.82, 2.24) is 0 Å². The first kappa shape index (κ1) is 10.0. The molecule has 12 heavy (non-hydrogen) atoms. The standard InChI is InChI=1S/C11H22O/c1-7-6-10(12)8(2)9(3)11(7,4)5/h7-10,12H,6H2,1-5H3/t7-,8+,9+,10+/m0/s1. The summed E-state index contributed by atoms with van der Waals surface area (Å²) in [6, 6.07) is 0. The lowest BCUT2D eigenvalue weighted by Gasteiger charge is -2.48. The fourth-order valence-corrected chi connectivity index (χ4v) is 2.34. The van der Waals surface area contributed by atoms with Gasteiger partial charge < -0.3 is 5.11 Å². The molecular weight excluding hydrogens is 148 g/mol. The lowest BCUT2D eigenvalue weighted by molar-refractivity contribution is -0.0529. The molecule has 0 unspecified atom stereocenters. The lowest BCUT2D eigenvalue weighted by atomic mass is 9.59. The minimum Gasteiger partial charge on any atom is -0.393 e. The van der Waals surface area contributed by atoms with Crippen molar-refractivity contribution in [3.8, 4) is 0 Å². The first-order valence-corrected chi connectivity index (χ1v) is 5.05. The first-order valence-electron chi connectivity index (χ1n) is 5.05. The highest BCUT2D eigenvalue weighted by Gasteiger charge is 2.42. The summed E-state index contributed by atoms with van der Waals surface area (Å²) in [6.07, 6.45) is 0.890. The molecule has 0 amide bonds. The minimum absolute atomic E-state index is 0.0805. The molecule has 72 valence electrons. The molecule has 0 heterocycles. The van der Waals surface area contributed by atoms with Gasteiger partial charge in [-0.2, -0.15) is 0 Å². The molecular formula is C11H22O. The summed E-state index contributed by atoms with van der Waals surface area (Å²) in [7, 11) is 0. The van der Waals surface area contributed by atoms with Crippen LogP contribution in [0, 0.1) is 23.2 Å². The third-order valence-corrected chi connectivity index (χ3v) is 4.43. The third kappa shape index (κ3) is 1.39. The fraction of sp³-hybridized carbons (Fsp3) is 1.00. The lowest BCUT2D eigenvalue weighted by Crippen LogP contribution is -2.44. The highest BCUT2D eigenvalue weighted by atomic mass is 16.3. The number of aliphatic hydroxyl groups excluding tert-OH is 1. The van der Waals surface area contributed by atoms with Crippen LogP contribution in [0.15, 0.2) is 0 Å². The smallest absolute Gasteiger partial charge is 0.0571 e. The van der Waals surface area contributed by atoms with Gasteiger partial charge in [-0.1, -0.05) is 34.6 Å². The summed E-state index contributed by atoms with van der Waals surface area (Å²) >= 11 is 0. The molecule has 4 atom stereocenters. The minimum atomic E-state index is -0.0805. The topological polar surface area (TPSA) is 20.2 Å².